The van der Waals surface area contributed by atoms with Crippen molar-refractivity contribution in [3.8, 4) is 5.75 Å². The standard InChI is InChI=1S/C22H19NO4/c24-20-18-14-6-7-15(12-14)19(18)21(25)23(20)16-10-8-13(9-11-16)22(26)27-17-4-2-1-3-5-17/h1-5,8-11,14-15,18-19H,6-7,12H2/t14-,15+,18-,19+. The molecule has 2 aliphatic carbocycles. The number of fused-ring (bicyclic) bond motifs is 5. The summed E-state index contributed by atoms with van der Waals surface area (Å²) in [6.07, 6.45) is 3.14. The van der Waals surface area contributed by atoms with Crippen LogP contribution in [0, 0.1) is 23.7 Å². The van der Waals surface area contributed by atoms with Crippen LogP contribution in [0.25, 0.3) is 0 Å². The van der Waals surface area contributed by atoms with Gasteiger partial charge in [0.15, 0.2) is 0 Å². The van der Waals surface area contributed by atoms with Gasteiger partial charge in [-0.3, -0.25) is 14.5 Å². The second-order valence-corrected chi connectivity index (χ2v) is 7.65. The number of anilines is 1. The molecule has 0 N–H and O–H groups in total. The third-order valence-corrected chi connectivity index (χ3v) is 6.24. The first kappa shape index (κ1) is 16.2. The molecule has 2 bridgehead atoms. The highest BCUT2D eigenvalue weighted by Gasteiger charge is 2.61. The summed E-state index contributed by atoms with van der Waals surface area (Å²) in [7, 11) is 0. The second-order valence-electron chi connectivity index (χ2n) is 7.65. The number of hydrogen-bond donors (Lipinski definition) is 0. The number of carbonyl (C=O) groups excluding carboxylic acids is 3. The molecule has 3 aliphatic rings. The van der Waals surface area contributed by atoms with Crippen molar-refractivity contribution in [1.29, 1.82) is 0 Å². The summed E-state index contributed by atoms with van der Waals surface area (Å²) in [5, 5.41) is 0. The molecule has 4 atom stereocenters. The van der Waals surface area contributed by atoms with Gasteiger partial charge in [-0.25, -0.2) is 4.79 Å². The van der Waals surface area contributed by atoms with Crippen LogP contribution in [-0.4, -0.2) is 17.8 Å². The van der Waals surface area contributed by atoms with Crippen LogP contribution in [0.4, 0.5) is 5.69 Å². The quantitative estimate of drug-likeness (QED) is 0.477. The van der Waals surface area contributed by atoms with Crippen LogP contribution in [0.3, 0.4) is 0 Å². The van der Waals surface area contributed by atoms with Crippen LogP contribution in [-0.2, 0) is 9.59 Å². The van der Waals surface area contributed by atoms with E-state index in [9.17, 15) is 14.4 Å². The summed E-state index contributed by atoms with van der Waals surface area (Å²) in [6.45, 7) is 0. The van der Waals surface area contributed by atoms with Crippen molar-refractivity contribution in [2.45, 2.75) is 19.3 Å². The maximum absolute atomic E-state index is 12.9. The first-order chi connectivity index (χ1) is 13.1. The van der Waals surface area contributed by atoms with Gasteiger partial charge in [-0.05, 0) is 67.5 Å². The van der Waals surface area contributed by atoms with Crippen LogP contribution in [0.2, 0.25) is 0 Å². The summed E-state index contributed by atoms with van der Waals surface area (Å²) in [5.41, 5.74) is 0.914. The van der Waals surface area contributed by atoms with Gasteiger partial charge >= 0.3 is 5.97 Å². The van der Waals surface area contributed by atoms with Crippen molar-refractivity contribution in [2.24, 2.45) is 23.7 Å². The molecule has 1 heterocycles. The van der Waals surface area contributed by atoms with Gasteiger partial charge in [-0.1, -0.05) is 18.2 Å². The molecule has 2 saturated carbocycles. The SMILES string of the molecule is O=C(Oc1ccccc1)c1ccc(N2C(=O)[C@@H]3[C@@H]4CC[C@@H](C4)[C@@H]3C2=O)cc1. The number of rotatable bonds is 3. The van der Waals surface area contributed by atoms with Crippen molar-refractivity contribution >= 4 is 23.5 Å². The van der Waals surface area contributed by atoms with Crippen molar-refractivity contribution in [2.75, 3.05) is 4.90 Å². The lowest BCUT2D eigenvalue weighted by molar-refractivity contribution is -0.123. The summed E-state index contributed by atoms with van der Waals surface area (Å²) in [5.74, 6) is 0.302. The molecule has 136 valence electrons. The molecule has 27 heavy (non-hydrogen) atoms. The van der Waals surface area contributed by atoms with Crippen LogP contribution >= 0.6 is 0 Å². The molecule has 0 radical (unpaired) electrons. The van der Waals surface area contributed by atoms with Crippen molar-refractivity contribution in [1.82, 2.24) is 0 Å². The van der Waals surface area contributed by atoms with E-state index in [1.165, 1.54) is 4.90 Å². The number of hydrogen-bond acceptors (Lipinski definition) is 4. The number of para-hydroxylation sites is 1. The highest BCUT2D eigenvalue weighted by Crippen LogP contribution is 2.56. The Morgan fingerprint density at radius 2 is 1.44 bits per heavy atom. The summed E-state index contributed by atoms with van der Waals surface area (Å²) < 4.78 is 5.32. The van der Waals surface area contributed by atoms with Crippen LogP contribution < -0.4 is 9.64 Å². The fraction of sp³-hybridized carbons (Fsp3) is 0.318. The molecule has 3 fully saturated rings. The molecule has 2 aromatic carbocycles. The van der Waals surface area contributed by atoms with Gasteiger partial charge in [-0.2, -0.15) is 0 Å². The van der Waals surface area contributed by atoms with E-state index >= 15 is 0 Å². The zero-order valence-electron chi connectivity index (χ0n) is 14.7. The van der Waals surface area contributed by atoms with Gasteiger partial charge in [0.2, 0.25) is 11.8 Å². The van der Waals surface area contributed by atoms with E-state index < -0.39 is 5.97 Å². The average Bonchev–Trinajstić information content (AvgIpc) is 3.37. The second kappa shape index (κ2) is 6.05. The zero-order valence-corrected chi connectivity index (χ0v) is 14.7. The minimum atomic E-state index is -0.471. The Morgan fingerprint density at radius 1 is 0.852 bits per heavy atom. The fourth-order valence-corrected chi connectivity index (χ4v) is 5.06. The third-order valence-electron chi connectivity index (χ3n) is 6.24. The topological polar surface area (TPSA) is 63.7 Å². The number of carbonyl (C=O) groups is 3. The molecule has 2 aromatic rings. The molecule has 0 spiro atoms. The first-order valence-electron chi connectivity index (χ1n) is 9.38. The number of amides is 2. The lowest BCUT2D eigenvalue weighted by Crippen LogP contribution is -2.32. The molecule has 2 amide bonds. The molecule has 0 aromatic heterocycles. The van der Waals surface area contributed by atoms with Crippen LogP contribution in [0.1, 0.15) is 29.6 Å². The van der Waals surface area contributed by atoms with Crippen molar-refractivity contribution in [3.63, 3.8) is 0 Å². The van der Waals surface area contributed by atoms with Gasteiger partial charge in [0.25, 0.3) is 0 Å². The lowest BCUT2D eigenvalue weighted by atomic mass is 9.81. The zero-order chi connectivity index (χ0) is 18.5. The Bertz CT molecular complexity index is 893. The maximum Gasteiger partial charge on any atom is 0.343 e. The van der Waals surface area contributed by atoms with E-state index in [1.807, 2.05) is 6.07 Å². The molecular weight excluding hydrogens is 342 g/mol. The minimum Gasteiger partial charge on any atom is -0.423 e. The Labute approximate surface area is 156 Å². The van der Waals surface area contributed by atoms with E-state index in [0.29, 0.717) is 28.8 Å². The van der Waals surface area contributed by atoms with Crippen molar-refractivity contribution < 1.29 is 19.1 Å². The van der Waals surface area contributed by atoms with Gasteiger partial charge < -0.3 is 4.74 Å². The fourth-order valence-electron chi connectivity index (χ4n) is 5.06. The van der Waals surface area contributed by atoms with Gasteiger partial charge in [0.1, 0.15) is 5.75 Å². The van der Waals surface area contributed by atoms with Gasteiger partial charge in [0.05, 0.1) is 23.1 Å². The smallest absolute Gasteiger partial charge is 0.343 e. The molecular formula is C22H19NO4. The number of imide groups is 1. The maximum atomic E-state index is 12.9. The Morgan fingerprint density at radius 3 is 2.04 bits per heavy atom. The van der Waals surface area contributed by atoms with Crippen molar-refractivity contribution in [3.05, 3.63) is 60.2 Å². The van der Waals surface area contributed by atoms with Gasteiger partial charge in [0, 0.05) is 0 Å². The first-order valence-corrected chi connectivity index (χ1v) is 9.38. The van der Waals surface area contributed by atoms with E-state index in [4.69, 9.17) is 4.74 Å². The van der Waals surface area contributed by atoms with E-state index in [-0.39, 0.29) is 23.7 Å². The Hall–Kier alpha value is -2.95. The Kier molecular flexibility index (Phi) is 3.64. The monoisotopic (exact) mass is 361 g/mol. The molecule has 0 unspecified atom stereocenters. The molecule has 1 saturated heterocycles. The summed E-state index contributed by atoms with van der Waals surface area (Å²) in [6, 6.07) is 15.4. The lowest BCUT2D eigenvalue weighted by Gasteiger charge is -2.19. The predicted octanol–water partition coefficient (Wildman–Crippen LogP) is 3.44. The normalized spacial score (nSPS) is 28.5. The number of benzene rings is 2. The summed E-state index contributed by atoms with van der Waals surface area (Å²) in [4.78, 5) is 39.3. The third kappa shape index (κ3) is 2.49. The van der Waals surface area contributed by atoms with E-state index in [1.54, 1.807) is 48.5 Å². The predicted molar refractivity (Wildman–Crippen MR) is 98.1 cm³/mol. The number of ether oxygens (including phenoxy) is 1. The number of esters is 1. The largest absolute Gasteiger partial charge is 0.423 e. The molecule has 1 aliphatic heterocycles. The van der Waals surface area contributed by atoms with Crippen LogP contribution in [0.5, 0.6) is 5.75 Å². The molecule has 5 rings (SSSR count). The number of nitrogens with zero attached hydrogens (tertiary/aromatic N) is 1. The minimum absolute atomic E-state index is 0.0724. The van der Waals surface area contributed by atoms with Crippen LogP contribution in [0.15, 0.2) is 54.6 Å². The highest BCUT2D eigenvalue weighted by molar-refractivity contribution is 6.22. The highest BCUT2D eigenvalue weighted by atomic mass is 16.5. The summed E-state index contributed by atoms with van der Waals surface area (Å²) >= 11 is 0. The molecule has 5 heteroatoms. The Balaban J connectivity index is 1.36. The average molecular weight is 361 g/mol. The van der Waals surface area contributed by atoms with Gasteiger partial charge in [-0.15, -0.1) is 0 Å². The van der Waals surface area contributed by atoms with E-state index in [2.05, 4.69) is 0 Å². The van der Waals surface area contributed by atoms with E-state index in [0.717, 1.165) is 19.3 Å². The molecule has 5 nitrogen and oxygen atoms in total.